The normalized spacial score (nSPS) is 14.2. The summed E-state index contributed by atoms with van der Waals surface area (Å²) < 4.78 is 5.14. The largest absolute Gasteiger partial charge is 0.497 e. The Hall–Kier alpha value is -2.40. The molecular formula is C20H24ClN3O2. The number of anilines is 2. The Morgan fingerprint density at radius 2 is 1.85 bits per heavy atom. The minimum Gasteiger partial charge on any atom is -0.497 e. The van der Waals surface area contributed by atoms with E-state index in [1.807, 2.05) is 47.4 Å². The van der Waals surface area contributed by atoms with Crippen molar-refractivity contribution in [1.29, 1.82) is 0 Å². The molecule has 2 aromatic carbocycles. The lowest BCUT2D eigenvalue weighted by atomic mass is 10.2. The number of benzene rings is 2. The number of piperazine rings is 1. The molecule has 1 heterocycles. The van der Waals surface area contributed by atoms with Gasteiger partial charge in [-0.2, -0.15) is 0 Å². The number of ether oxygens (including phenoxy) is 1. The Balaban J connectivity index is 1.42. The van der Waals surface area contributed by atoms with Gasteiger partial charge in [-0.1, -0.05) is 17.7 Å². The summed E-state index contributed by atoms with van der Waals surface area (Å²) in [5, 5.41) is 4.02. The molecule has 3 rings (SSSR count). The van der Waals surface area contributed by atoms with Gasteiger partial charge in [0.1, 0.15) is 5.75 Å². The second-order valence-corrected chi connectivity index (χ2v) is 6.69. The Labute approximate surface area is 159 Å². The molecule has 138 valence electrons. The highest BCUT2D eigenvalue weighted by molar-refractivity contribution is 6.30. The molecule has 0 bridgehead atoms. The molecule has 1 aliphatic heterocycles. The predicted molar refractivity (Wildman–Crippen MR) is 106 cm³/mol. The molecule has 2 aromatic rings. The SMILES string of the molecule is COc1ccc(NCCC(=O)N2CCN(c3cccc(Cl)c3)CC2)cc1. The van der Waals surface area contributed by atoms with Gasteiger partial charge in [-0.05, 0) is 42.5 Å². The van der Waals surface area contributed by atoms with Gasteiger partial charge in [-0.25, -0.2) is 0 Å². The van der Waals surface area contributed by atoms with E-state index in [4.69, 9.17) is 16.3 Å². The zero-order valence-electron chi connectivity index (χ0n) is 15.0. The molecule has 1 fully saturated rings. The lowest BCUT2D eigenvalue weighted by Crippen LogP contribution is -2.49. The quantitative estimate of drug-likeness (QED) is 0.841. The van der Waals surface area contributed by atoms with E-state index in [0.717, 1.165) is 48.3 Å². The van der Waals surface area contributed by atoms with Gasteiger partial charge in [0.05, 0.1) is 7.11 Å². The van der Waals surface area contributed by atoms with Crippen molar-refractivity contribution in [3.05, 3.63) is 53.6 Å². The molecule has 0 unspecified atom stereocenters. The zero-order valence-corrected chi connectivity index (χ0v) is 15.7. The first-order valence-electron chi connectivity index (χ1n) is 8.82. The lowest BCUT2D eigenvalue weighted by Gasteiger charge is -2.36. The van der Waals surface area contributed by atoms with Crippen LogP contribution in [0.1, 0.15) is 6.42 Å². The fourth-order valence-corrected chi connectivity index (χ4v) is 3.25. The fraction of sp³-hybridized carbons (Fsp3) is 0.350. The van der Waals surface area contributed by atoms with Crippen LogP contribution in [0.4, 0.5) is 11.4 Å². The third kappa shape index (κ3) is 4.82. The van der Waals surface area contributed by atoms with Crippen LogP contribution in [0.5, 0.6) is 5.75 Å². The van der Waals surface area contributed by atoms with Crippen LogP contribution in [0.25, 0.3) is 0 Å². The van der Waals surface area contributed by atoms with Crippen molar-refractivity contribution in [3.63, 3.8) is 0 Å². The second kappa shape index (κ2) is 8.81. The molecule has 26 heavy (non-hydrogen) atoms. The molecule has 6 heteroatoms. The van der Waals surface area contributed by atoms with E-state index >= 15 is 0 Å². The van der Waals surface area contributed by atoms with Crippen molar-refractivity contribution in [1.82, 2.24) is 4.90 Å². The fourth-order valence-electron chi connectivity index (χ4n) is 3.07. The molecule has 1 amide bonds. The summed E-state index contributed by atoms with van der Waals surface area (Å²) in [6, 6.07) is 15.6. The maximum Gasteiger partial charge on any atom is 0.224 e. The van der Waals surface area contributed by atoms with E-state index in [1.54, 1.807) is 7.11 Å². The average Bonchev–Trinajstić information content (AvgIpc) is 2.68. The van der Waals surface area contributed by atoms with Crippen LogP contribution in [0.3, 0.4) is 0 Å². The highest BCUT2D eigenvalue weighted by atomic mass is 35.5. The topological polar surface area (TPSA) is 44.8 Å². The molecule has 0 aromatic heterocycles. The van der Waals surface area contributed by atoms with Gasteiger partial charge in [0.15, 0.2) is 0 Å². The maximum atomic E-state index is 12.4. The smallest absolute Gasteiger partial charge is 0.224 e. The van der Waals surface area contributed by atoms with Crippen molar-refractivity contribution < 1.29 is 9.53 Å². The van der Waals surface area contributed by atoms with Gasteiger partial charge < -0.3 is 19.9 Å². The van der Waals surface area contributed by atoms with Crippen LogP contribution in [0.2, 0.25) is 5.02 Å². The summed E-state index contributed by atoms with van der Waals surface area (Å²) in [7, 11) is 1.65. The van der Waals surface area contributed by atoms with Gasteiger partial charge in [0.25, 0.3) is 0 Å². The minimum absolute atomic E-state index is 0.191. The van der Waals surface area contributed by atoms with Gasteiger partial charge >= 0.3 is 0 Å². The molecular weight excluding hydrogens is 350 g/mol. The van der Waals surface area contributed by atoms with E-state index in [0.29, 0.717) is 13.0 Å². The molecule has 1 aliphatic rings. The highest BCUT2D eigenvalue weighted by Gasteiger charge is 2.21. The van der Waals surface area contributed by atoms with Crippen molar-refractivity contribution in [3.8, 4) is 5.75 Å². The standard InChI is InChI=1S/C20H24ClN3O2/c1-26-19-7-5-17(6-8-19)22-10-9-20(25)24-13-11-23(12-14-24)18-4-2-3-16(21)15-18/h2-8,15,22H,9-14H2,1H3. The first-order valence-corrected chi connectivity index (χ1v) is 9.20. The molecule has 0 saturated carbocycles. The molecule has 1 saturated heterocycles. The Bertz CT molecular complexity index is 728. The second-order valence-electron chi connectivity index (χ2n) is 6.25. The maximum absolute atomic E-state index is 12.4. The van der Waals surface area contributed by atoms with Crippen molar-refractivity contribution in [2.75, 3.05) is 50.1 Å². The molecule has 0 aliphatic carbocycles. The Morgan fingerprint density at radius 1 is 1.12 bits per heavy atom. The highest BCUT2D eigenvalue weighted by Crippen LogP contribution is 2.21. The number of methoxy groups -OCH3 is 1. The predicted octanol–water partition coefficient (Wildman–Crippen LogP) is 3.50. The van der Waals surface area contributed by atoms with Crippen LogP contribution in [-0.2, 0) is 4.79 Å². The average molecular weight is 374 g/mol. The number of hydrogen-bond donors (Lipinski definition) is 1. The molecule has 0 spiro atoms. The summed E-state index contributed by atoms with van der Waals surface area (Å²) >= 11 is 6.06. The van der Waals surface area contributed by atoms with Gasteiger partial charge in [0.2, 0.25) is 5.91 Å². The van der Waals surface area contributed by atoms with Crippen molar-refractivity contribution in [2.24, 2.45) is 0 Å². The number of carbonyl (C=O) groups excluding carboxylic acids is 1. The van der Waals surface area contributed by atoms with Crippen molar-refractivity contribution >= 4 is 28.9 Å². The number of carbonyl (C=O) groups is 1. The number of rotatable bonds is 6. The molecule has 0 radical (unpaired) electrons. The molecule has 1 N–H and O–H groups in total. The van der Waals surface area contributed by atoms with Crippen LogP contribution in [0, 0.1) is 0 Å². The summed E-state index contributed by atoms with van der Waals surface area (Å²) in [5.74, 6) is 1.01. The molecule has 0 atom stereocenters. The number of amides is 1. The van der Waals surface area contributed by atoms with Gasteiger partial charge in [0, 0.05) is 55.5 Å². The summed E-state index contributed by atoms with van der Waals surface area (Å²) in [6.45, 7) is 3.78. The van der Waals surface area contributed by atoms with Crippen LogP contribution in [-0.4, -0.2) is 50.6 Å². The lowest BCUT2D eigenvalue weighted by molar-refractivity contribution is -0.131. The van der Waals surface area contributed by atoms with E-state index in [1.165, 1.54) is 0 Å². The summed E-state index contributed by atoms with van der Waals surface area (Å²) in [4.78, 5) is 16.6. The summed E-state index contributed by atoms with van der Waals surface area (Å²) in [5.41, 5.74) is 2.11. The van der Waals surface area contributed by atoms with Crippen molar-refractivity contribution in [2.45, 2.75) is 6.42 Å². The van der Waals surface area contributed by atoms with Crippen LogP contribution < -0.4 is 15.0 Å². The van der Waals surface area contributed by atoms with E-state index in [2.05, 4.69) is 16.3 Å². The van der Waals surface area contributed by atoms with E-state index in [9.17, 15) is 4.79 Å². The third-order valence-corrected chi connectivity index (χ3v) is 4.80. The minimum atomic E-state index is 0.191. The molecule has 5 nitrogen and oxygen atoms in total. The first kappa shape index (κ1) is 18.4. The first-order chi connectivity index (χ1) is 12.7. The number of nitrogens with zero attached hydrogens (tertiary/aromatic N) is 2. The van der Waals surface area contributed by atoms with Gasteiger partial charge in [-0.3, -0.25) is 4.79 Å². The van der Waals surface area contributed by atoms with Gasteiger partial charge in [-0.15, -0.1) is 0 Å². The monoisotopic (exact) mass is 373 g/mol. The van der Waals surface area contributed by atoms with Crippen LogP contribution >= 0.6 is 11.6 Å². The Kier molecular flexibility index (Phi) is 6.23. The number of hydrogen-bond acceptors (Lipinski definition) is 4. The third-order valence-electron chi connectivity index (χ3n) is 4.56. The Morgan fingerprint density at radius 3 is 2.50 bits per heavy atom. The number of nitrogens with one attached hydrogen (secondary N) is 1. The van der Waals surface area contributed by atoms with E-state index in [-0.39, 0.29) is 5.91 Å². The number of halogens is 1. The van der Waals surface area contributed by atoms with Crippen LogP contribution in [0.15, 0.2) is 48.5 Å². The van der Waals surface area contributed by atoms with E-state index < -0.39 is 0 Å². The zero-order chi connectivity index (χ0) is 18.4. The summed E-state index contributed by atoms with van der Waals surface area (Å²) in [6.07, 6.45) is 0.489.